The summed E-state index contributed by atoms with van der Waals surface area (Å²) in [6.07, 6.45) is 1.67. The molecule has 100 valence electrons. The van der Waals surface area contributed by atoms with E-state index in [2.05, 4.69) is 9.99 Å². The molecule has 1 aliphatic heterocycles. The molecule has 19 heavy (non-hydrogen) atoms. The first-order valence-electron chi connectivity index (χ1n) is 6.17. The SMILES string of the molecule is CCN(/C=C1\C(=O)ON=C1c1ccccc1F)CC. The van der Waals surface area contributed by atoms with E-state index >= 15 is 0 Å². The lowest BCUT2D eigenvalue weighted by atomic mass is 10.0. The summed E-state index contributed by atoms with van der Waals surface area (Å²) in [6, 6.07) is 6.19. The van der Waals surface area contributed by atoms with E-state index in [-0.39, 0.29) is 16.8 Å². The van der Waals surface area contributed by atoms with Crippen molar-refractivity contribution in [3.8, 4) is 0 Å². The van der Waals surface area contributed by atoms with Crippen LogP contribution in [0.25, 0.3) is 0 Å². The Kier molecular flexibility index (Phi) is 3.94. The Morgan fingerprint density at radius 2 is 2.00 bits per heavy atom. The van der Waals surface area contributed by atoms with Crippen LogP contribution >= 0.6 is 0 Å². The monoisotopic (exact) mass is 262 g/mol. The average molecular weight is 262 g/mol. The smallest absolute Gasteiger partial charge is 0.369 e. The molecular formula is C14H15FN2O2. The summed E-state index contributed by atoms with van der Waals surface area (Å²) < 4.78 is 13.8. The van der Waals surface area contributed by atoms with Crippen molar-refractivity contribution in [2.45, 2.75) is 13.8 Å². The second kappa shape index (κ2) is 5.65. The molecule has 0 saturated heterocycles. The maximum atomic E-state index is 13.8. The lowest BCUT2D eigenvalue weighted by Gasteiger charge is -2.15. The summed E-state index contributed by atoms with van der Waals surface area (Å²) in [5.74, 6) is -0.977. The Morgan fingerprint density at radius 1 is 1.32 bits per heavy atom. The van der Waals surface area contributed by atoms with Crippen molar-refractivity contribution in [1.82, 2.24) is 4.90 Å². The number of hydrogen-bond acceptors (Lipinski definition) is 4. The second-order valence-electron chi connectivity index (χ2n) is 4.06. The van der Waals surface area contributed by atoms with Gasteiger partial charge in [0, 0.05) is 24.9 Å². The Morgan fingerprint density at radius 3 is 2.63 bits per heavy atom. The maximum absolute atomic E-state index is 13.8. The van der Waals surface area contributed by atoms with Gasteiger partial charge in [0.1, 0.15) is 17.1 Å². The molecule has 0 atom stereocenters. The fraction of sp³-hybridized carbons (Fsp3) is 0.286. The highest BCUT2D eigenvalue weighted by molar-refractivity contribution is 6.28. The van der Waals surface area contributed by atoms with E-state index in [4.69, 9.17) is 0 Å². The molecule has 5 heteroatoms. The topological polar surface area (TPSA) is 41.9 Å². The van der Waals surface area contributed by atoms with Crippen molar-refractivity contribution in [1.29, 1.82) is 0 Å². The predicted octanol–water partition coefficient (Wildman–Crippen LogP) is 2.31. The summed E-state index contributed by atoms with van der Waals surface area (Å²) in [6.45, 7) is 5.44. The molecule has 0 radical (unpaired) electrons. The van der Waals surface area contributed by atoms with Gasteiger partial charge in [-0.2, -0.15) is 0 Å². The third-order valence-corrected chi connectivity index (χ3v) is 2.95. The number of nitrogens with zero attached hydrogens (tertiary/aromatic N) is 2. The van der Waals surface area contributed by atoms with E-state index in [1.807, 2.05) is 18.7 Å². The maximum Gasteiger partial charge on any atom is 0.369 e. The van der Waals surface area contributed by atoms with Gasteiger partial charge in [0.2, 0.25) is 0 Å². The summed E-state index contributed by atoms with van der Waals surface area (Å²) in [7, 11) is 0. The van der Waals surface area contributed by atoms with Gasteiger partial charge >= 0.3 is 5.97 Å². The van der Waals surface area contributed by atoms with Crippen LogP contribution < -0.4 is 0 Å². The van der Waals surface area contributed by atoms with Gasteiger partial charge in [0.05, 0.1) is 0 Å². The first kappa shape index (κ1) is 13.3. The molecule has 0 amide bonds. The quantitative estimate of drug-likeness (QED) is 0.617. The van der Waals surface area contributed by atoms with Gasteiger partial charge in [-0.1, -0.05) is 17.3 Å². The largest absolute Gasteiger partial charge is 0.377 e. The van der Waals surface area contributed by atoms with Crippen LogP contribution in [-0.2, 0) is 9.63 Å². The van der Waals surface area contributed by atoms with Gasteiger partial charge in [-0.25, -0.2) is 9.18 Å². The zero-order valence-electron chi connectivity index (χ0n) is 10.9. The molecule has 1 aliphatic rings. The van der Waals surface area contributed by atoms with Crippen LogP contribution in [0.15, 0.2) is 41.2 Å². The number of carbonyl (C=O) groups excluding carboxylic acids is 1. The van der Waals surface area contributed by atoms with Gasteiger partial charge in [0.25, 0.3) is 0 Å². The summed E-state index contributed by atoms with van der Waals surface area (Å²) in [5.41, 5.74) is 0.801. The van der Waals surface area contributed by atoms with Crippen molar-refractivity contribution in [2.75, 3.05) is 13.1 Å². The summed E-state index contributed by atoms with van der Waals surface area (Å²) in [5, 5.41) is 3.68. The number of oxime groups is 1. The van der Waals surface area contributed by atoms with E-state index in [0.29, 0.717) is 0 Å². The molecule has 0 unspecified atom stereocenters. The van der Waals surface area contributed by atoms with Crippen LogP contribution in [0.5, 0.6) is 0 Å². The first-order chi connectivity index (χ1) is 9.17. The lowest BCUT2D eigenvalue weighted by molar-refractivity contribution is -0.136. The minimum atomic E-state index is -0.551. The molecule has 0 aliphatic carbocycles. The Hall–Kier alpha value is -2.17. The molecule has 4 nitrogen and oxygen atoms in total. The van der Waals surface area contributed by atoms with Crippen LogP contribution in [0.1, 0.15) is 19.4 Å². The first-order valence-corrected chi connectivity index (χ1v) is 6.17. The summed E-state index contributed by atoms with van der Waals surface area (Å²) in [4.78, 5) is 18.3. The van der Waals surface area contributed by atoms with Gasteiger partial charge in [-0.05, 0) is 26.0 Å². The Labute approximate surface area is 111 Å². The van der Waals surface area contributed by atoms with Crippen molar-refractivity contribution >= 4 is 11.7 Å². The molecule has 0 N–H and O–H groups in total. The number of rotatable bonds is 4. The number of hydrogen-bond donors (Lipinski definition) is 0. The zero-order valence-corrected chi connectivity index (χ0v) is 10.9. The normalized spacial score (nSPS) is 16.5. The Bertz CT molecular complexity index is 548. The van der Waals surface area contributed by atoms with Crippen molar-refractivity contribution in [3.05, 3.63) is 47.4 Å². The van der Waals surface area contributed by atoms with E-state index in [0.717, 1.165) is 13.1 Å². The van der Waals surface area contributed by atoms with Crippen LogP contribution in [0, 0.1) is 5.82 Å². The van der Waals surface area contributed by atoms with Crippen molar-refractivity contribution in [2.24, 2.45) is 5.16 Å². The highest BCUT2D eigenvalue weighted by Crippen LogP contribution is 2.20. The fourth-order valence-electron chi connectivity index (χ4n) is 1.83. The third kappa shape index (κ3) is 2.65. The lowest BCUT2D eigenvalue weighted by Crippen LogP contribution is -2.20. The van der Waals surface area contributed by atoms with Gasteiger partial charge in [-0.3, -0.25) is 0 Å². The predicted molar refractivity (Wildman–Crippen MR) is 70.0 cm³/mol. The standard InChI is InChI=1S/C14H15FN2O2/c1-3-17(4-2)9-11-13(16-19-14(11)18)10-7-5-6-8-12(10)15/h5-9H,3-4H2,1-2H3/b11-9-. The molecule has 0 aromatic heterocycles. The molecule has 1 heterocycles. The summed E-state index contributed by atoms with van der Waals surface area (Å²) >= 11 is 0. The Balaban J connectivity index is 2.40. The minimum absolute atomic E-state index is 0.245. The molecule has 1 aromatic rings. The second-order valence-corrected chi connectivity index (χ2v) is 4.06. The molecule has 0 saturated carbocycles. The zero-order chi connectivity index (χ0) is 13.8. The molecular weight excluding hydrogens is 247 g/mol. The van der Waals surface area contributed by atoms with Gasteiger partial charge < -0.3 is 9.74 Å². The van der Waals surface area contributed by atoms with Crippen LogP contribution in [-0.4, -0.2) is 29.7 Å². The number of halogens is 1. The van der Waals surface area contributed by atoms with Crippen LogP contribution in [0.3, 0.4) is 0 Å². The molecule has 0 fully saturated rings. The van der Waals surface area contributed by atoms with Crippen LogP contribution in [0.2, 0.25) is 0 Å². The van der Waals surface area contributed by atoms with Crippen molar-refractivity contribution in [3.63, 3.8) is 0 Å². The van der Waals surface area contributed by atoms with E-state index < -0.39 is 11.8 Å². The van der Waals surface area contributed by atoms with Gasteiger partial charge in [0.15, 0.2) is 0 Å². The van der Waals surface area contributed by atoms with E-state index in [1.54, 1.807) is 24.4 Å². The fourth-order valence-corrected chi connectivity index (χ4v) is 1.83. The number of benzene rings is 1. The number of carbonyl (C=O) groups is 1. The molecule has 2 rings (SSSR count). The third-order valence-electron chi connectivity index (χ3n) is 2.95. The highest BCUT2D eigenvalue weighted by atomic mass is 19.1. The molecule has 0 spiro atoms. The van der Waals surface area contributed by atoms with E-state index in [9.17, 15) is 9.18 Å². The minimum Gasteiger partial charge on any atom is -0.377 e. The highest BCUT2D eigenvalue weighted by Gasteiger charge is 2.29. The average Bonchev–Trinajstić information content (AvgIpc) is 2.78. The molecule has 0 bridgehead atoms. The van der Waals surface area contributed by atoms with E-state index in [1.165, 1.54) is 6.07 Å². The van der Waals surface area contributed by atoms with Crippen molar-refractivity contribution < 1.29 is 14.0 Å². The molecule has 1 aromatic carbocycles. The van der Waals surface area contributed by atoms with Crippen LogP contribution in [0.4, 0.5) is 4.39 Å². The van der Waals surface area contributed by atoms with Gasteiger partial charge in [-0.15, -0.1) is 0 Å².